The Bertz CT molecular complexity index is 969. The number of carbonyl (C=O) groups is 2. The lowest BCUT2D eigenvalue weighted by molar-refractivity contribution is -0.121. The Morgan fingerprint density at radius 1 is 1.04 bits per heavy atom. The van der Waals surface area contributed by atoms with E-state index in [-0.39, 0.29) is 12.3 Å². The number of carbonyl (C=O) groups excluding carboxylic acids is 2. The van der Waals surface area contributed by atoms with Gasteiger partial charge in [-0.2, -0.15) is 0 Å². The van der Waals surface area contributed by atoms with Crippen molar-refractivity contribution in [2.45, 2.75) is 13.3 Å². The Labute approximate surface area is 156 Å². The molecule has 0 saturated heterocycles. The van der Waals surface area contributed by atoms with E-state index >= 15 is 0 Å². The highest BCUT2D eigenvalue weighted by Crippen LogP contribution is 2.29. The monoisotopic (exact) mass is 367 g/mol. The van der Waals surface area contributed by atoms with Gasteiger partial charge in [-0.25, -0.2) is 0 Å². The molecule has 7 nitrogen and oxygen atoms in total. The van der Waals surface area contributed by atoms with Gasteiger partial charge in [0.15, 0.2) is 0 Å². The molecule has 0 radical (unpaired) electrons. The highest BCUT2D eigenvalue weighted by atomic mass is 16.5. The summed E-state index contributed by atoms with van der Waals surface area (Å²) in [6, 6.07) is 10.9. The molecule has 3 N–H and O–H groups in total. The van der Waals surface area contributed by atoms with Gasteiger partial charge in [0.1, 0.15) is 11.5 Å². The van der Waals surface area contributed by atoms with Crippen LogP contribution in [-0.2, 0) is 11.2 Å². The van der Waals surface area contributed by atoms with Gasteiger partial charge in [-0.05, 0) is 30.7 Å². The van der Waals surface area contributed by atoms with E-state index < -0.39 is 5.91 Å². The average molecular weight is 367 g/mol. The van der Waals surface area contributed by atoms with Crippen LogP contribution < -0.4 is 20.3 Å². The summed E-state index contributed by atoms with van der Waals surface area (Å²) in [5.74, 6) is 0.284. The summed E-state index contributed by atoms with van der Waals surface area (Å²) in [5, 5.41) is 0.979. The Kier molecular flexibility index (Phi) is 5.30. The van der Waals surface area contributed by atoms with Gasteiger partial charge in [0.2, 0.25) is 5.91 Å². The average Bonchev–Trinajstić information content (AvgIpc) is 3.09. The Hall–Kier alpha value is -3.48. The van der Waals surface area contributed by atoms with E-state index in [9.17, 15) is 9.59 Å². The molecule has 0 bridgehead atoms. The molecule has 0 aliphatic carbocycles. The first-order chi connectivity index (χ1) is 13.0. The predicted molar refractivity (Wildman–Crippen MR) is 102 cm³/mol. The maximum absolute atomic E-state index is 12.4. The van der Waals surface area contributed by atoms with Crippen molar-refractivity contribution >= 4 is 22.7 Å². The second-order valence-corrected chi connectivity index (χ2v) is 6.04. The number of ether oxygens (including phenoxy) is 2. The van der Waals surface area contributed by atoms with Gasteiger partial charge in [0.25, 0.3) is 5.91 Å². The van der Waals surface area contributed by atoms with E-state index in [0.29, 0.717) is 17.1 Å². The van der Waals surface area contributed by atoms with E-state index in [1.54, 1.807) is 18.3 Å². The first-order valence-electron chi connectivity index (χ1n) is 8.40. The molecular weight excluding hydrogens is 346 g/mol. The topological polar surface area (TPSA) is 92.5 Å². The van der Waals surface area contributed by atoms with Crippen LogP contribution in [0.5, 0.6) is 11.5 Å². The number of nitrogens with one attached hydrogen (secondary N) is 3. The van der Waals surface area contributed by atoms with E-state index in [1.165, 1.54) is 14.2 Å². The number of fused-ring (bicyclic) bond motifs is 1. The molecule has 0 saturated carbocycles. The van der Waals surface area contributed by atoms with Crippen molar-refractivity contribution in [2.24, 2.45) is 0 Å². The summed E-state index contributed by atoms with van der Waals surface area (Å²) in [6.45, 7) is 1.84. The van der Waals surface area contributed by atoms with Crippen LogP contribution in [0.15, 0.2) is 42.6 Å². The number of benzene rings is 2. The van der Waals surface area contributed by atoms with E-state index in [2.05, 4.69) is 15.8 Å². The van der Waals surface area contributed by atoms with Crippen LogP contribution in [0.3, 0.4) is 0 Å². The van der Waals surface area contributed by atoms with E-state index in [0.717, 1.165) is 22.0 Å². The van der Waals surface area contributed by atoms with Gasteiger partial charge >= 0.3 is 0 Å². The van der Waals surface area contributed by atoms with Crippen molar-refractivity contribution in [3.8, 4) is 11.5 Å². The van der Waals surface area contributed by atoms with Crippen LogP contribution >= 0.6 is 0 Å². The van der Waals surface area contributed by atoms with Gasteiger partial charge in [-0.1, -0.05) is 18.2 Å². The number of hydrazine groups is 1. The minimum Gasteiger partial charge on any atom is -0.496 e. The number of methoxy groups -OCH3 is 2. The normalized spacial score (nSPS) is 10.5. The maximum Gasteiger partial charge on any atom is 0.269 e. The predicted octanol–water partition coefficient (Wildman–Crippen LogP) is 2.50. The van der Waals surface area contributed by atoms with Gasteiger partial charge in [-0.3, -0.25) is 20.4 Å². The largest absolute Gasteiger partial charge is 0.496 e. The van der Waals surface area contributed by atoms with E-state index in [1.807, 2.05) is 31.2 Å². The highest BCUT2D eigenvalue weighted by Gasteiger charge is 2.15. The zero-order valence-electron chi connectivity index (χ0n) is 15.4. The quantitative estimate of drug-likeness (QED) is 0.604. The lowest BCUT2D eigenvalue weighted by atomic mass is 10.1. The van der Waals surface area contributed by atoms with Crippen molar-refractivity contribution in [2.75, 3.05) is 14.2 Å². The Morgan fingerprint density at radius 2 is 1.70 bits per heavy atom. The number of para-hydroxylation sites is 1. The molecule has 0 aliphatic heterocycles. The molecule has 3 rings (SSSR count). The summed E-state index contributed by atoms with van der Waals surface area (Å²) in [5.41, 5.74) is 7.79. The number of rotatable bonds is 5. The van der Waals surface area contributed by atoms with Crippen LogP contribution in [0.4, 0.5) is 0 Å². The van der Waals surface area contributed by atoms with Gasteiger partial charge in [-0.15, -0.1) is 0 Å². The lowest BCUT2D eigenvalue weighted by Gasteiger charge is -2.13. The number of aromatic amines is 1. The van der Waals surface area contributed by atoms with Crippen molar-refractivity contribution in [3.05, 3.63) is 59.3 Å². The molecule has 27 heavy (non-hydrogen) atoms. The SMILES string of the molecule is COc1cc(C(=O)NNC(=O)Cc2c[nH]c3ccccc23)cc(OC)c1C. The third-order valence-electron chi connectivity index (χ3n) is 4.36. The summed E-state index contributed by atoms with van der Waals surface area (Å²) in [6.07, 6.45) is 1.94. The fourth-order valence-electron chi connectivity index (χ4n) is 2.91. The summed E-state index contributed by atoms with van der Waals surface area (Å²) >= 11 is 0. The first kappa shape index (κ1) is 18.3. The van der Waals surface area contributed by atoms with Crippen LogP contribution in [0, 0.1) is 6.92 Å². The standard InChI is InChI=1S/C20H21N3O4/c1-12-17(26-2)8-13(9-18(12)27-3)20(25)23-22-19(24)10-14-11-21-16-7-5-4-6-15(14)16/h4-9,11,21H,10H2,1-3H3,(H,22,24)(H,23,25). The fourth-order valence-corrected chi connectivity index (χ4v) is 2.91. The third kappa shape index (κ3) is 3.87. The van der Waals surface area contributed by atoms with Crippen LogP contribution in [-0.4, -0.2) is 31.0 Å². The van der Waals surface area contributed by atoms with Crippen LogP contribution in [0.1, 0.15) is 21.5 Å². The molecule has 0 unspecified atom stereocenters. The van der Waals surface area contributed by atoms with Crippen LogP contribution in [0.2, 0.25) is 0 Å². The van der Waals surface area contributed by atoms with Gasteiger partial charge < -0.3 is 14.5 Å². The van der Waals surface area contributed by atoms with Gasteiger partial charge in [0.05, 0.1) is 20.6 Å². The number of hydrogen-bond acceptors (Lipinski definition) is 4. The molecule has 0 aliphatic rings. The first-order valence-corrected chi connectivity index (χ1v) is 8.40. The molecule has 7 heteroatoms. The smallest absolute Gasteiger partial charge is 0.269 e. The molecule has 0 fully saturated rings. The molecule has 140 valence electrons. The molecule has 3 aromatic rings. The summed E-state index contributed by atoms with van der Waals surface area (Å²) < 4.78 is 10.5. The van der Waals surface area contributed by atoms with Gasteiger partial charge in [0, 0.05) is 28.2 Å². The van der Waals surface area contributed by atoms with Crippen molar-refractivity contribution in [1.82, 2.24) is 15.8 Å². The number of amides is 2. The molecule has 1 aromatic heterocycles. The van der Waals surface area contributed by atoms with Crippen molar-refractivity contribution < 1.29 is 19.1 Å². The second-order valence-electron chi connectivity index (χ2n) is 6.04. The Morgan fingerprint density at radius 3 is 2.37 bits per heavy atom. The minimum absolute atomic E-state index is 0.144. The van der Waals surface area contributed by atoms with Crippen molar-refractivity contribution in [1.29, 1.82) is 0 Å². The fraction of sp³-hybridized carbons (Fsp3) is 0.200. The lowest BCUT2D eigenvalue weighted by Crippen LogP contribution is -2.42. The Balaban J connectivity index is 1.66. The number of aromatic nitrogens is 1. The molecular formula is C20H21N3O4. The minimum atomic E-state index is -0.459. The van der Waals surface area contributed by atoms with Crippen molar-refractivity contribution in [3.63, 3.8) is 0 Å². The zero-order valence-corrected chi connectivity index (χ0v) is 15.4. The molecule has 2 aromatic carbocycles. The highest BCUT2D eigenvalue weighted by molar-refractivity contribution is 5.97. The number of hydrogen-bond donors (Lipinski definition) is 3. The van der Waals surface area contributed by atoms with Crippen LogP contribution in [0.25, 0.3) is 10.9 Å². The second kappa shape index (κ2) is 7.82. The summed E-state index contributed by atoms with van der Waals surface area (Å²) in [7, 11) is 3.04. The molecule has 1 heterocycles. The molecule has 2 amide bonds. The third-order valence-corrected chi connectivity index (χ3v) is 4.36. The molecule has 0 atom stereocenters. The molecule has 0 spiro atoms. The zero-order chi connectivity index (χ0) is 19.4. The number of H-pyrrole nitrogens is 1. The van der Waals surface area contributed by atoms with E-state index in [4.69, 9.17) is 9.47 Å². The maximum atomic E-state index is 12.4. The summed E-state index contributed by atoms with van der Waals surface area (Å²) in [4.78, 5) is 27.7.